The molecule has 1 amide bonds. The fraction of sp³-hybridized carbons (Fsp3) is 0.667. The van der Waals surface area contributed by atoms with Gasteiger partial charge in [0.2, 0.25) is 0 Å². The van der Waals surface area contributed by atoms with Gasteiger partial charge in [-0.15, -0.1) is 0 Å². The maximum Gasteiger partial charge on any atom is 0.260 e. The SMILES string of the molecule is C=CN1C(=O)C(C)(C)OC1(C)C. The molecule has 0 saturated carbocycles. The van der Waals surface area contributed by atoms with E-state index in [-0.39, 0.29) is 5.91 Å². The Bertz CT molecular complexity index is 231. The van der Waals surface area contributed by atoms with Gasteiger partial charge in [-0.2, -0.15) is 0 Å². The van der Waals surface area contributed by atoms with Gasteiger partial charge < -0.3 is 4.74 Å². The number of carbonyl (C=O) groups is 1. The Hall–Kier alpha value is -0.830. The smallest absolute Gasteiger partial charge is 0.260 e. The highest BCUT2D eigenvalue weighted by Crippen LogP contribution is 2.34. The van der Waals surface area contributed by atoms with Gasteiger partial charge in [-0.3, -0.25) is 9.69 Å². The van der Waals surface area contributed by atoms with Gasteiger partial charge in [0, 0.05) is 6.20 Å². The third kappa shape index (κ3) is 1.14. The molecule has 1 heterocycles. The number of ether oxygens (including phenoxy) is 1. The van der Waals surface area contributed by atoms with Crippen LogP contribution in [0.3, 0.4) is 0 Å². The molecule has 0 radical (unpaired) electrons. The molecule has 0 N–H and O–H groups in total. The molecule has 0 unspecified atom stereocenters. The maximum atomic E-state index is 11.6. The lowest BCUT2D eigenvalue weighted by atomic mass is 10.1. The second-order valence-electron chi connectivity index (χ2n) is 3.92. The predicted octanol–water partition coefficient (Wildman–Crippen LogP) is 1.50. The zero-order valence-electron chi connectivity index (χ0n) is 8.05. The summed E-state index contributed by atoms with van der Waals surface area (Å²) >= 11 is 0. The number of nitrogens with zero attached hydrogens (tertiary/aromatic N) is 1. The zero-order valence-corrected chi connectivity index (χ0v) is 8.05. The first-order valence-electron chi connectivity index (χ1n) is 3.98. The summed E-state index contributed by atoms with van der Waals surface area (Å²) in [6.45, 7) is 10.8. The van der Waals surface area contributed by atoms with E-state index in [1.807, 2.05) is 13.8 Å². The van der Waals surface area contributed by atoms with E-state index in [1.165, 1.54) is 11.1 Å². The molecule has 0 aromatic heterocycles. The molecule has 0 spiro atoms. The summed E-state index contributed by atoms with van der Waals surface area (Å²) in [6.07, 6.45) is 1.51. The highest BCUT2D eigenvalue weighted by atomic mass is 16.6. The van der Waals surface area contributed by atoms with Gasteiger partial charge in [-0.25, -0.2) is 0 Å². The van der Waals surface area contributed by atoms with Crippen LogP contribution in [-0.2, 0) is 9.53 Å². The zero-order chi connectivity index (χ0) is 9.57. The van der Waals surface area contributed by atoms with E-state index in [0.717, 1.165) is 0 Å². The summed E-state index contributed by atoms with van der Waals surface area (Å²) in [4.78, 5) is 13.1. The van der Waals surface area contributed by atoms with E-state index >= 15 is 0 Å². The van der Waals surface area contributed by atoms with Crippen molar-refractivity contribution in [2.45, 2.75) is 39.0 Å². The van der Waals surface area contributed by atoms with Crippen LogP contribution in [0, 0.1) is 0 Å². The monoisotopic (exact) mass is 169 g/mol. The van der Waals surface area contributed by atoms with Crippen molar-refractivity contribution in [2.24, 2.45) is 0 Å². The molecular weight excluding hydrogens is 154 g/mol. The van der Waals surface area contributed by atoms with Gasteiger partial charge in [-0.1, -0.05) is 6.58 Å². The molecule has 1 aliphatic rings. The summed E-state index contributed by atoms with van der Waals surface area (Å²) in [6, 6.07) is 0. The van der Waals surface area contributed by atoms with E-state index in [9.17, 15) is 4.79 Å². The Labute approximate surface area is 73.0 Å². The van der Waals surface area contributed by atoms with Gasteiger partial charge in [-0.05, 0) is 27.7 Å². The van der Waals surface area contributed by atoms with Crippen LogP contribution in [0.5, 0.6) is 0 Å². The third-order valence-electron chi connectivity index (χ3n) is 2.00. The molecule has 3 nitrogen and oxygen atoms in total. The molecule has 0 aromatic rings. The first-order chi connectivity index (χ1) is 5.31. The molecular formula is C9H15NO2. The van der Waals surface area contributed by atoms with Crippen molar-refractivity contribution in [3.63, 3.8) is 0 Å². The summed E-state index contributed by atoms with van der Waals surface area (Å²) in [5.74, 6) is -0.0394. The molecule has 3 heteroatoms. The van der Waals surface area contributed by atoms with Crippen LogP contribution in [0.2, 0.25) is 0 Å². The second kappa shape index (κ2) is 2.33. The molecule has 0 aromatic carbocycles. The number of hydrogen-bond acceptors (Lipinski definition) is 2. The van der Waals surface area contributed by atoms with Crippen LogP contribution in [0.1, 0.15) is 27.7 Å². The highest BCUT2D eigenvalue weighted by Gasteiger charge is 2.50. The minimum Gasteiger partial charge on any atom is -0.340 e. The van der Waals surface area contributed by atoms with Gasteiger partial charge in [0.05, 0.1) is 0 Å². The number of amides is 1. The molecule has 1 fully saturated rings. The van der Waals surface area contributed by atoms with E-state index < -0.39 is 11.3 Å². The molecule has 0 aliphatic carbocycles. The van der Waals surface area contributed by atoms with E-state index in [4.69, 9.17) is 4.74 Å². The van der Waals surface area contributed by atoms with Crippen LogP contribution >= 0.6 is 0 Å². The Morgan fingerprint density at radius 3 is 2.08 bits per heavy atom. The van der Waals surface area contributed by atoms with Crippen molar-refractivity contribution >= 4 is 5.91 Å². The number of carbonyl (C=O) groups excluding carboxylic acids is 1. The maximum absolute atomic E-state index is 11.6. The lowest BCUT2D eigenvalue weighted by Gasteiger charge is -2.26. The minimum atomic E-state index is -0.725. The van der Waals surface area contributed by atoms with Gasteiger partial charge in [0.1, 0.15) is 11.3 Å². The molecule has 1 rings (SSSR count). The largest absolute Gasteiger partial charge is 0.340 e. The van der Waals surface area contributed by atoms with Crippen LogP contribution in [-0.4, -0.2) is 22.1 Å². The quantitative estimate of drug-likeness (QED) is 0.595. The van der Waals surface area contributed by atoms with Gasteiger partial charge >= 0.3 is 0 Å². The average Bonchev–Trinajstić information content (AvgIpc) is 1.98. The van der Waals surface area contributed by atoms with Crippen molar-refractivity contribution in [1.29, 1.82) is 0 Å². The summed E-state index contributed by atoms with van der Waals surface area (Å²) in [5, 5.41) is 0. The number of rotatable bonds is 1. The first-order valence-corrected chi connectivity index (χ1v) is 3.98. The second-order valence-corrected chi connectivity index (χ2v) is 3.92. The van der Waals surface area contributed by atoms with Crippen molar-refractivity contribution in [1.82, 2.24) is 4.90 Å². The van der Waals surface area contributed by atoms with Crippen LogP contribution in [0.25, 0.3) is 0 Å². The van der Waals surface area contributed by atoms with Gasteiger partial charge in [0.25, 0.3) is 5.91 Å². The summed E-state index contributed by atoms with van der Waals surface area (Å²) in [7, 11) is 0. The van der Waals surface area contributed by atoms with Crippen LogP contribution in [0.4, 0.5) is 0 Å². The lowest BCUT2D eigenvalue weighted by molar-refractivity contribution is -0.133. The Morgan fingerprint density at radius 1 is 1.42 bits per heavy atom. The highest BCUT2D eigenvalue weighted by molar-refractivity contribution is 5.87. The Balaban J connectivity index is 3.03. The lowest BCUT2D eigenvalue weighted by Crippen LogP contribution is -2.37. The average molecular weight is 169 g/mol. The molecule has 1 aliphatic heterocycles. The predicted molar refractivity (Wildman–Crippen MR) is 46.3 cm³/mol. The van der Waals surface area contributed by atoms with Crippen LogP contribution < -0.4 is 0 Å². The van der Waals surface area contributed by atoms with Crippen molar-refractivity contribution in [3.8, 4) is 0 Å². The van der Waals surface area contributed by atoms with E-state index in [1.54, 1.807) is 13.8 Å². The molecule has 1 saturated heterocycles. The molecule has 0 atom stereocenters. The van der Waals surface area contributed by atoms with E-state index in [0.29, 0.717) is 0 Å². The number of hydrogen-bond donors (Lipinski definition) is 0. The topological polar surface area (TPSA) is 29.5 Å². The normalized spacial score (nSPS) is 26.0. The van der Waals surface area contributed by atoms with Gasteiger partial charge in [0.15, 0.2) is 0 Å². The Kier molecular flexibility index (Phi) is 1.80. The minimum absolute atomic E-state index is 0.0394. The standard InChI is InChI=1S/C9H15NO2/c1-6-10-7(11)8(2,3)12-9(10,4)5/h6H,1H2,2-5H3. The van der Waals surface area contributed by atoms with Crippen molar-refractivity contribution in [2.75, 3.05) is 0 Å². The Morgan fingerprint density at radius 2 is 1.92 bits per heavy atom. The molecule has 68 valence electrons. The van der Waals surface area contributed by atoms with Crippen molar-refractivity contribution < 1.29 is 9.53 Å². The summed E-state index contributed by atoms with van der Waals surface area (Å²) < 4.78 is 5.56. The fourth-order valence-corrected chi connectivity index (χ4v) is 1.55. The summed E-state index contributed by atoms with van der Waals surface area (Å²) in [5.41, 5.74) is -1.29. The van der Waals surface area contributed by atoms with Crippen molar-refractivity contribution in [3.05, 3.63) is 12.8 Å². The molecule has 0 bridgehead atoms. The fourth-order valence-electron chi connectivity index (χ4n) is 1.55. The van der Waals surface area contributed by atoms with E-state index in [2.05, 4.69) is 6.58 Å². The first kappa shape index (κ1) is 9.26. The molecule has 12 heavy (non-hydrogen) atoms. The third-order valence-corrected chi connectivity index (χ3v) is 2.00. The van der Waals surface area contributed by atoms with Crippen LogP contribution in [0.15, 0.2) is 12.8 Å².